The predicted octanol–water partition coefficient (Wildman–Crippen LogP) is 2.51. The lowest BCUT2D eigenvalue weighted by atomic mass is 10.1. The first-order valence-corrected chi connectivity index (χ1v) is 10.3. The van der Waals surface area contributed by atoms with Crippen LogP contribution in [0.3, 0.4) is 0 Å². The zero-order valence-electron chi connectivity index (χ0n) is 17.0. The molecule has 2 aliphatic rings. The van der Waals surface area contributed by atoms with Gasteiger partial charge in [-0.05, 0) is 43.5 Å². The van der Waals surface area contributed by atoms with Crippen LogP contribution in [0.2, 0.25) is 0 Å². The summed E-state index contributed by atoms with van der Waals surface area (Å²) < 4.78 is 1.81. The molecular formula is C22H26N6O. The lowest BCUT2D eigenvalue weighted by Gasteiger charge is -2.35. The van der Waals surface area contributed by atoms with Crippen LogP contribution in [0, 0.1) is 6.92 Å². The molecule has 29 heavy (non-hydrogen) atoms. The number of nitrogens with zero attached hydrogens (tertiary/aromatic N) is 6. The van der Waals surface area contributed by atoms with E-state index in [0.29, 0.717) is 5.92 Å². The summed E-state index contributed by atoms with van der Waals surface area (Å²) in [6.45, 7) is 6.10. The highest BCUT2D eigenvalue weighted by atomic mass is 16.2. The van der Waals surface area contributed by atoms with Gasteiger partial charge in [-0.2, -0.15) is 5.10 Å². The second-order valence-electron chi connectivity index (χ2n) is 8.20. The van der Waals surface area contributed by atoms with Gasteiger partial charge >= 0.3 is 0 Å². The van der Waals surface area contributed by atoms with Crippen LogP contribution in [0.4, 0.5) is 0 Å². The molecule has 150 valence electrons. The maximum atomic E-state index is 13.5. The number of aromatic nitrogens is 4. The summed E-state index contributed by atoms with van der Waals surface area (Å²) in [4.78, 5) is 26.8. The summed E-state index contributed by atoms with van der Waals surface area (Å²) in [5.74, 6) is 0.609. The monoisotopic (exact) mass is 390 g/mol. The van der Waals surface area contributed by atoms with Gasteiger partial charge < -0.3 is 4.90 Å². The molecule has 0 radical (unpaired) electrons. The van der Waals surface area contributed by atoms with Crippen molar-refractivity contribution in [1.82, 2.24) is 29.5 Å². The van der Waals surface area contributed by atoms with Crippen LogP contribution in [0.1, 0.15) is 46.1 Å². The third-order valence-electron chi connectivity index (χ3n) is 6.03. The summed E-state index contributed by atoms with van der Waals surface area (Å²) in [7, 11) is 1.91. The molecule has 0 bridgehead atoms. The van der Waals surface area contributed by atoms with Crippen molar-refractivity contribution in [2.24, 2.45) is 7.05 Å². The molecule has 0 aromatic carbocycles. The third-order valence-corrected chi connectivity index (χ3v) is 6.03. The highest BCUT2D eigenvalue weighted by Crippen LogP contribution is 2.40. The van der Waals surface area contributed by atoms with E-state index >= 15 is 0 Å². The number of carbonyl (C=O) groups is 1. The lowest BCUT2D eigenvalue weighted by Crippen LogP contribution is -2.48. The van der Waals surface area contributed by atoms with E-state index in [4.69, 9.17) is 4.98 Å². The van der Waals surface area contributed by atoms with Crippen molar-refractivity contribution in [3.05, 3.63) is 53.1 Å². The van der Waals surface area contributed by atoms with E-state index in [1.54, 1.807) is 4.68 Å². The number of hydrogen-bond acceptors (Lipinski definition) is 5. The Morgan fingerprint density at radius 2 is 1.86 bits per heavy atom. The van der Waals surface area contributed by atoms with E-state index in [-0.39, 0.29) is 5.91 Å². The van der Waals surface area contributed by atoms with Gasteiger partial charge in [-0.3, -0.25) is 19.4 Å². The lowest BCUT2D eigenvalue weighted by molar-refractivity contribution is 0.0630. The highest BCUT2D eigenvalue weighted by molar-refractivity contribution is 6.06. The molecule has 7 heteroatoms. The Bertz CT molecular complexity index is 1050. The molecule has 1 amide bonds. The van der Waals surface area contributed by atoms with Crippen LogP contribution in [0.5, 0.6) is 0 Å². The summed E-state index contributed by atoms with van der Waals surface area (Å²) in [5, 5.41) is 5.43. The number of rotatable bonds is 4. The van der Waals surface area contributed by atoms with Gasteiger partial charge in [-0.1, -0.05) is 0 Å². The molecule has 4 heterocycles. The second-order valence-corrected chi connectivity index (χ2v) is 8.20. The number of pyridine rings is 2. The molecule has 0 spiro atoms. The van der Waals surface area contributed by atoms with Gasteiger partial charge in [0.2, 0.25) is 0 Å². The Morgan fingerprint density at radius 1 is 1.14 bits per heavy atom. The minimum absolute atomic E-state index is 0.110. The van der Waals surface area contributed by atoms with E-state index in [9.17, 15) is 4.79 Å². The third kappa shape index (κ3) is 3.51. The number of hydrogen-bond donors (Lipinski definition) is 0. The Morgan fingerprint density at radius 3 is 2.55 bits per heavy atom. The van der Waals surface area contributed by atoms with Crippen molar-refractivity contribution < 1.29 is 4.79 Å². The Balaban J connectivity index is 1.36. The highest BCUT2D eigenvalue weighted by Gasteiger charge is 2.30. The van der Waals surface area contributed by atoms with E-state index in [1.165, 1.54) is 5.56 Å². The molecule has 0 N–H and O–H groups in total. The molecule has 1 saturated carbocycles. The molecule has 1 saturated heterocycles. The number of piperazine rings is 1. The first-order chi connectivity index (χ1) is 14.1. The van der Waals surface area contributed by atoms with Crippen molar-refractivity contribution in [3.8, 4) is 0 Å². The smallest absolute Gasteiger partial charge is 0.254 e. The van der Waals surface area contributed by atoms with Gasteiger partial charge in [0.05, 0.1) is 16.6 Å². The van der Waals surface area contributed by atoms with Crippen molar-refractivity contribution in [3.63, 3.8) is 0 Å². The largest absolute Gasteiger partial charge is 0.336 e. The van der Waals surface area contributed by atoms with Gasteiger partial charge in [-0.25, -0.2) is 4.98 Å². The van der Waals surface area contributed by atoms with Crippen LogP contribution in [0.15, 0.2) is 30.6 Å². The molecule has 7 nitrogen and oxygen atoms in total. The number of amides is 1. The standard InChI is InChI=1S/C22H26N6O/c1-15-20-18(13-19(17-3-4-17)24-21(20)26(2)25-15)22(29)28-11-9-27(10-12-28)14-16-5-7-23-8-6-16/h5-8,13,17H,3-4,9-12,14H2,1-2H3. The minimum atomic E-state index is 0.110. The maximum Gasteiger partial charge on any atom is 0.254 e. The first kappa shape index (κ1) is 18.2. The van der Waals surface area contributed by atoms with E-state index in [2.05, 4.69) is 27.1 Å². The van der Waals surface area contributed by atoms with Gasteiger partial charge in [-0.15, -0.1) is 0 Å². The number of carbonyl (C=O) groups excluding carboxylic acids is 1. The Hall–Kier alpha value is -2.80. The molecular weight excluding hydrogens is 364 g/mol. The maximum absolute atomic E-state index is 13.5. The summed E-state index contributed by atoms with van der Waals surface area (Å²) >= 11 is 0. The molecule has 0 unspecified atom stereocenters. The summed E-state index contributed by atoms with van der Waals surface area (Å²) in [6, 6.07) is 6.13. The van der Waals surface area contributed by atoms with E-state index in [0.717, 1.165) is 73.6 Å². The molecule has 1 aliphatic heterocycles. The van der Waals surface area contributed by atoms with Gasteiger partial charge in [0.25, 0.3) is 5.91 Å². The Labute approximate surface area is 170 Å². The topological polar surface area (TPSA) is 67.2 Å². The quantitative estimate of drug-likeness (QED) is 0.685. The van der Waals surface area contributed by atoms with Gasteiger partial charge in [0.15, 0.2) is 5.65 Å². The molecule has 0 atom stereocenters. The average Bonchev–Trinajstić information content (AvgIpc) is 3.55. The molecule has 3 aromatic heterocycles. The fourth-order valence-corrected chi connectivity index (χ4v) is 4.25. The molecule has 2 fully saturated rings. The van der Waals surface area contributed by atoms with Crippen LogP contribution >= 0.6 is 0 Å². The molecule has 3 aromatic rings. The van der Waals surface area contributed by atoms with Crippen molar-refractivity contribution in [1.29, 1.82) is 0 Å². The zero-order chi connectivity index (χ0) is 20.0. The second kappa shape index (κ2) is 7.22. The van der Waals surface area contributed by atoms with Crippen LogP contribution in [-0.4, -0.2) is 61.6 Å². The normalized spacial score (nSPS) is 17.8. The van der Waals surface area contributed by atoms with Crippen LogP contribution in [0.25, 0.3) is 11.0 Å². The van der Waals surface area contributed by atoms with Gasteiger partial charge in [0, 0.05) is 63.8 Å². The number of fused-ring (bicyclic) bond motifs is 1. The Kier molecular flexibility index (Phi) is 4.54. The minimum Gasteiger partial charge on any atom is -0.336 e. The van der Waals surface area contributed by atoms with Crippen LogP contribution in [-0.2, 0) is 13.6 Å². The SMILES string of the molecule is Cc1nn(C)c2nc(C3CC3)cc(C(=O)N3CCN(Cc4ccncc4)CC3)c12. The fraction of sp³-hybridized carbons (Fsp3) is 0.455. The van der Waals surface area contributed by atoms with Gasteiger partial charge in [0.1, 0.15) is 0 Å². The average molecular weight is 390 g/mol. The fourth-order valence-electron chi connectivity index (χ4n) is 4.25. The molecule has 1 aliphatic carbocycles. The van der Waals surface area contributed by atoms with Crippen molar-refractivity contribution in [2.75, 3.05) is 26.2 Å². The van der Waals surface area contributed by atoms with E-state index in [1.807, 2.05) is 37.3 Å². The summed E-state index contributed by atoms with van der Waals surface area (Å²) in [6.07, 6.45) is 5.99. The van der Waals surface area contributed by atoms with E-state index < -0.39 is 0 Å². The number of aryl methyl sites for hydroxylation is 2. The van der Waals surface area contributed by atoms with Crippen molar-refractivity contribution in [2.45, 2.75) is 32.2 Å². The molecule has 5 rings (SSSR count). The zero-order valence-corrected chi connectivity index (χ0v) is 17.0. The summed E-state index contributed by atoms with van der Waals surface area (Å²) in [5.41, 5.74) is 4.77. The van der Waals surface area contributed by atoms with Crippen LogP contribution < -0.4 is 0 Å². The predicted molar refractivity (Wildman–Crippen MR) is 111 cm³/mol. The van der Waals surface area contributed by atoms with Crippen molar-refractivity contribution >= 4 is 16.9 Å². The first-order valence-electron chi connectivity index (χ1n) is 10.3.